The molecule has 0 bridgehead atoms. The molecule has 0 spiro atoms. The van der Waals surface area contributed by atoms with Crippen molar-refractivity contribution in [2.45, 2.75) is 302 Å². The normalized spacial score (nSPS) is 12.9. The fourth-order valence-corrected chi connectivity index (χ4v) is 8.37. The van der Waals surface area contributed by atoms with Crippen LogP contribution in [0.15, 0.2) is 36.5 Å². The molecule has 0 rings (SSSR count). The van der Waals surface area contributed by atoms with E-state index in [0.717, 1.165) is 70.6 Å². The predicted molar refractivity (Wildman–Crippen MR) is 273 cm³/mol. The van der Waals surface area contributed by atoms with Crippen molar-refractivity contribution in [2.24, 2.45) is 0 Å². The van der Waals surface area contributed by atoms with Gasteiger partial charge in [0.2, 0.25) is 5.91 Å². The molecule has 0 aromatic heterocycles. The molecule has 0 radical (unpaired) electrons. The first-order chi connectivity index (χ1) is 31.0. The summed E-state index contributed by atoms with van der Waals surface area (Å²) < 4.78 is 5.46. The molecule has 2 atom stereocenters. The van der Waals surface area contributed by atoms with Crippen molar-refractivity contribution in [1.29, 1.82) is 0 Å². The molecule has 0 aliphatic carbocycles. The standard InChI is InChI=1S/C57H107NO5/c1-3-5-7-9-11-13-15-17-19-20-21-23-25-29-33-37-41-45-49-55(60)54(53-59)58-56(61)50-46-42-38-34-30-26-24-28-32-36-40-44-48-52-63-57(62)51-47-43-39-35-31-27-22-18-16-14-12-10-8-6-4-2/h12,14,18,22,45,49,54-55,59-60H,3-11,13,15-17,19-21,23-44,46-48,50-53H2,1-2H3,(H,58,61)/b14-12-,22-18-,49-45+. The number of carbonyl (C=O) groups excluding carboxylic acids is 2. The molecule has 0 aliphatic heterocycles. The Morgan fingerprint density at radius 3 is 1.24 bits per heavy atom. The van der Waals surface area contributed by atoms with Crippen LogP contribution in [0.4, 0.5) is 0 Å². The lowest BCUT2D eigenvalue weighted by atomic mass is 10.0. The number of esters is 1. The summed E-state index contributed by atoms with van der Waals surface area (Å²) in [5, 5.41) is 23.1. The molecule has 6 heteroatoms. The molecule has 63 heavy (non-hydrogen) atoms. The summed E-state index contributed by atoms with van der Waals surface area (Å²) in [7, 11) is 0. The van der Waals surface area contributed by atoms with Crippen LogP contribution in [0.5, 0.6) is 0 Å². The van der Waals surface area contributed by atoms with Crippen LogP contribution in [0.3, 0.4) is 0 Å². The van der Waals surface area contributed by atoms with E-state index in [9.17, 15) is 19.8 Å². The van der Waals surface area contributed by atoms with Gasteiger partial charge in [0, 0.05) is 12.8 Å². The fourth-order valence-electron chi connectivity index (χ4n) is 8.37. The van der Waals surface area contributed by atoms with Crippen LogP contribution < -0.4 is 5.32 Å². The minimum atomic E-state index is -0.854. The molecule has 0 aromatic carbocycles. The average Bonchev–Trinajstić information content (AvgIpc) is 3.28. The molecule has 0 aliphatic rings. The van der Waals surface area contributed by atoms with Crippen LogP contribution in [-0.4, -0.2) is 47.4 Å². The number of rotatable bonds is 51. The highest BCUT2D eigenvalue weighted by Gasteiger charge is 2.18. The van der Waals surface area contributed by atoms with Gasteiger partial charge in [-0.3, -0.25) is 9.59 Å². The maximum Gasteiger partial charge on any atom is 0.305 e. The van der Waals surface area contributed by atoms with Gasteiger partial charge in [0.05, 0.1) is 25.4 Å². The quantitative estimate of drug-likeness (QED) is 0.0321. The molecule has 2 unspecified atom stereocenters. The van der Waals surface area contributed by atoms with Gasteiger partial charge in [0.25, 0.3) is 0 Å². The zero-order valence-electron chi connectivity index (χ0n) is 42.1. The van der Waals surface area contributed by atoms with Crippen LogP contribution in [-0.2, 0) is 14.3 Å². The highest BCUT2D eigenvalue weighted by Crippen LogP contribution is 2.16. The summed E-state index contributed by atoms with van der Waals surface area (Å²) in [5.41, 5.74) is 0. The van der Waals surface area contributed by atoms with E-state index in [1.807, 2.05) is 6.08 Å². The molecule has 370 valence electrons. The van der Waals surface area contributed by atoms with Crippen LogP contribution in [0, 0.1) is 0 Å². The average molecular weight is 886 g/mol. The van der Waals surface area contributed by atoms with Gasteiger partial charge >= 0.3 is 5.97 Å². The number of ether oxygens (including phenoxy) is 1. The zero-order valence-corrected chi connectivity index (χ0v) is 42.1. The molecule has 0 saturated carbocycles. The van der Waals surface area contributed by atoms with Crippen molar-refractivity contribution in [1.82, 2.24) is 5.32 Å². The topological polar surface area (TPSA) is 95.9 Å². The number of amides is 1. The lowest BCUT2D eigenvalue weighted by Gasteiger charge is -2.20. The number of hydrogen-bond acceptors (Lipinski definition) is 5. The van der Waals surface area contributed by atoms with Gasteiger partial charge in [-0.25, -0.2) is 0 Å². The Balaban J connectivity index is 3.50. The van der Waals surface area contributed by atoms with Gasteiger partial charge < -0.3 is 20.3 Å². The summed E-state index contributed by atoms with van der Waals surface area (Å²) in [5.74, 6) is -0.101. The Labute approximate surface area is 392 Å². The lowest BCUT2D eigenvalue weighted by molar-refractivity contribution is -0.143. The number of carbonyl (C=O) groups is 2. The van der Waals surface area contributed by atoms with Crippen molar-refractivity contribution < 1.29 is 24.5 Å². The fraction of sp³-hybridized carbons (Fsp3) is 0.860. The van der Waals surface area contributed by atoms with Crippen molar-refractivity contribution in [3.63, 3.8) is 0 Å². The van der Waals surface area contributed by atoms with E-state index in [2.05, 4.69) is 43.5 Å². The first kappa shape index (κ1) is 61.1. The van der Waals surface area contributed by atoms with Crippen molar-refractivity contribution >= 4 is 11.9 Å². The van der Waals surface area contributed by atoms with Gasteiger partial charge in [0.15, 0.2) is 0 Å². The van der Waals surface area contributed by atoms with E-state index >= 15 is 0 Å². The predicted octanol–water partition coefficient (Wildman–Crippen LogP) is 16.9. The molecule has 0 saturated heterocycles. The van der Waals surface area contributed by atoms with E-state index in [1.165, 1.54) is 193 Å². The third kappa shape index (κ3) is 49.4. The summed E-state index contributed by atoms with van der Waals surface area (Å²) >= 11 is 0. The van der Waals surface area contributed by atoms with Gasteiger partial charge in [-0.05, 0) is 64.2 Å². The molecule has 0 fully saturated rings. The molecule has 6 nitrogen and oxygen atoms in total. The second-order valence-corrected chi connectivity index (χ2v) is 18.9. The smallest absolute Gasteiger partial charge is 0.305 e. The summed E-state index contributed by atoms with van der Waals surface area (Å²) in [4.78, 5) is 24.5. The number of hydrogen-bond donors (Lipinski definition) is 3. The summed E-state index contributed by atoms with van der Waals surface area (Å²) in [6, 6.07) is -0.639. The highest BCUT2D eigenvalue weighted by molar-refractivity contribution is 5.76. The third-order valence-electron chi connectivity index (χ3n) is 12.7. The molecule has 3 N–H and O–H groups in total. The minimum absolute atomic E-state index is 0.0209. The van der Waals surface area contributed by atoms with Crippen LogP contribution in [0.25, 0.3) is 0 Å². The number of aliphatic hydroxyl groups is 2. The largest absolute Gasteiger partial charge is 0.466 e. The Morgan fingerprint density at radius 2 is 0.794 bits per heavy atom. The first-order valence-corrected chi connectivity index (χ1v) is 27.8. The zero-order chi connectivity index (χ0) is 45.8. The van der Waals surface area contributed by atoms with Gasteiger partial charge in [-0.2, -0.15) is 0 Å². The Morgan fingerprint density at radius 1 is 0.444 bits per heavy atom. The SMILES string of the molecule is CCCCC/C=C\C/C=C\CCCCCCCC(=O)OCCCCCCCCCCCCCCCC(=O)NC(CO)C(O)/C=C/CCCCCCCCCCCCCCCCCC. The van der Waals surface area contributed by atoms with Gasteiger partial charge in [-0.1, -0.05) is 249 Å². The summed E-state index contributed by atoms with van der Waals surface area (Å²) in [6.07, 6.45) is 64.3. The van der Waals surface area contributed by atoms with E-state index in [-0.39, 0.29) is 18.5 Å². The van der Waals surface area contributed by atoms with Gasteiger partial charge in [0.1, 0.15) is 0 Å². The van der Waals surface area contributed by atoms with Crippen LogP contribution in [0.1, 0.15) is 290 Å². The molecule has 0 aromatic rings. The van der Waals surface area contributed by atoms with Gasteiger partial charge in [-0.15, -0.1) is 0 Å². The van der Waals surface area contributed by atoms with E-state index in [0.29, 0.717) is 19.4 Å². The Bertz CT molecular complexity index is 1020. The van der Waals surface area contributed by atoms with E-state index < -0.39 is 12.1 Å². The van der Waals surface area contributed by atoms with E-state index in [4.69, 9.17) is 4.74 Å². The van der Waals surface area contributed by atoms with Crippen molar-refractivity contribution in [2.75, 3.05) is 13.2 Å². The highest BCUT2D eigenvalue weighted by atomic mass is 16.5. The van der Waals surface area contributed by atoms with Crippen molar-refractivity contribution in [3.05, 3.63) is 36.5 Å². The first-order valence-electron chi connectivity index (χ1n) is 27.8. The van der Waals surface area contributed by atoms with Crippen molar-refractivity contribution in [3.8, 4) is 0 Å². The molecular weight excluding hydrogens is 779 g/mol. The summed E-state index contributed by atoms with van der Waals surface area (Å²) in [6.45, 7) is 4.85. The Kier molecular flexibility index (Phi) is 51.1. The molecule has 1 amide bonds. The number of allylic oxidation sites excluding steroid dienone is 5. The second-order valence-electron chi connectivity index (χ2n) is 18.9. The number of aliphatic hydroxyl groups excluding tert-OH is 2. The lowest BCUT2D eigenvalue weighted by Crippen LogP contribution is -2.45. The maximum absolute atomic E-state index is 12.5. The monoisotopic (exact) mass is 886 g/mol. The third-order valence-corrected chi connectivity index (χ3v) is 12.7. The number of nitrogens with one attached hydrogen (secondary N) is 1. The Hall–Kier alpha value is -1.92. The van der Waals surface area contributed by atoms with Crippen LogP contribution >= 0.6 is 0 Å². The second kappa shape index (κ2) is 52.7. The molecule has 0 heterocycles. The number of unbranched alkanes of at least 4 members (excludes halogenated alkanes) is 36. The molecular formula is C57H107NO5. The minimum Gasteiger partial charge on any atom is -0.466 e. The maximum atomic E-state index is 12.5. The van der Waals surface area contributed by atoms with E-state index in [1.54, 1.807) is 6.08 Å². The van der Waals surface area contributed by atoms with Crippen LogP contribution in [0.2, 0.25) is 0 Å².